The van der Waals surface area contributed by atoms with Crippen molar-refractivity contribution in [2.24, 2.45) is 17.8 Å². The van der Waals surface area contributed by atoms with Crippen molar-refractivity contribution in [2.75, 3.05) is 6.54 Å². The van der Waals surface area contributed by atoms with E-state index in [1.54, 1.807) is 0 Å². The van der Waals surface area contributed by atoms with E-state index in [-0.39, 0.29) is 30.6 Å². The van der Waals surface area contributed by atoms with Gasteiger partial charge in [0.25, 0.3) is 0 Å². The van der Waals surface area contributed by atoms with Crippen LogP contribution >= 0.6 is 0 Å². The maximum Gasteiger partial charge on any atom is 0.307 e. The van der Waals surface area contributed by atoms with Gasteiger partial charge in [-0.25, -0.2) is 0 Å². The summed E-state index contributed by atoms with van der Waals surface area (Å²) >= 11 is 0. The highest BCUT2D eigenvalue weighted by Crippen LogP contribution is 2.31. The molecule has 1 saturated carbocycles. The molecule has 2 atom stereocenters. The number of hydrogen-bond donors (Lipinski definition) is 2. The number of benzene rings is 1. The Morgan fingerprint density at radius 2 is 1.80 bits per heavy atom. The van der Waals surface area contributed by atoms with Gasteiger partial charge in [-0.05, 0) is 30.7 Å². The molecule has 0 aromatic heterocycles. The minimum absolute atomic E-state index is 0.0671. The van der Waals surface area contributed by atoms with E-state index in [1.165, 1.54) is 12.8 Å². The maximum absolute atomic E-state index is 12.2. The summed E-state index contributed by atoms with van der Waals surface area (Å²) in [5.41, 5.74) is 0.890. The number of carboxylic acid groups (broad SMARTS) is 1. The molecule has 1 fully saturated rings. The summed E-state index contributed by atoms with van der Waals surface area (Å²) in [6, 6.07) is 9.27. The van der Waals surface area contributed by atoms with Gasteiger partial charge in [0.1, 0.15) is 0 Å². The van der Waals surface area contributed by atoms with E-state index in [0.717, 1.165) is 18.4 Å². The van der Waals surface area contributed by atoms with Crippen LogP contribution in [0, 0.1) is 17.8 Å². The van der Waals surface area contributed by atoms with Crippen LogP contribution in [-0.4, -0.2) is 29.3 Å². The highest BCUT2D eigenvalue weighted by atomic mass is 16.4. The van der Waals surface area contributed by atoms with Gasteiger partial charge >= 0.3 is 5.97 Å². The van der Waals surface area contributed by atoms with Crippen LogP contribution in [0.4, 0.5) is 0 Å². The Labute approximate surface area is 148 Å². The van der Waals surface area contributed by atoms with Crippen molar-refractivity contribution in [3.05, 3.63) is 35.9 Å². The number of carbonyl (C=O) groups excluding carboxylic acids is 2. The Balaban J connectivity index is 1.80. The summed E-state index contributed by atoms with van der Waals surface area (Å²) in [5.74, 6) is -1.78. The number of amides is 1. The number of carboxylic acids is 1. The predicted molar refractivity (Wildman–Crippen MR) is 95.0 cm³/mol. The maximum atomic E-state index is 12.2. The first-order chi connectivity index (χ1) is 12.0. The van der Waals surface area contributed by atoms with Crippen molar-refractivity contribution >= 4 is 17.7 Å². The Morgan fingerprint density at radius 3 is 2.40 bits per heavy atom. The van der Waals surface area contributed by atoms with Crippen LogP contribution in [0.2, 0.25) is 0 Å². The third kappa shape index (κ3) is 6.00. The quantitative estimate of drug-likeness (QED) is 0.721. The SMILES string of the molecule is C[C@H](C(=O)NCC(=O)C[C@@H](Cc1ccccc1)C(=O)O)C1CCCC1. The van der Waals surface area contributed by atoms with Crippen molar-refractivity contribution in [1.82, 2.24) is 5.32 Å². The van der Waals surface area contributed by atoms with Gasteiger partial charge in [0.05, 0.1) is 12.5 Å². The van der Waals surface area contributed by atoms with E-state index < -0.39 is 11.9 Å². The highest BCUT2D eigenvalue weighted by Gasteiger charge is 2.27. The second-order valence-electron chi connectivity index (χ2n) is 7.02. The highest BCUT2D eigenvalue weighted by molar-refractivity contribution is 5.89. The lowest BCUT2D eigenvalue weighted by molar-refractivity contribution is -0.143. The average Bonchev–Trinajstić information content (AvgIpc) is 3.13. The molecule has 0 unspecified atom stereocenters. The number of carbonyl (C=O) groups is 3. The van der Waals surface area contributed by atoms with E-state index in [0.29, 0.717) is 12.3 Å². The number of nitrogens with one attached hydrogen (secondary N) is 1. The topological polar surface area (TPSA) is 83.5 Å². The molecule has 1 amide bonds. The molecular formula is C20H27NO4. The minimum atomic E-state index is -0.983. The van der Waals surface area contributed by atoms with Crippen LogP contribution in [0.1, 0.15) is 44.6 Å². The van der Waals surface area contributed by atoms with E-state index in [2.05, 4.69) is 5.32 Å². The van der Waals surface area contributed by atoms with Crippen LogP contribution in [-0.2, 0) is 20.8 Å². The standard InChI is InChI=1S/C20H27NO4/c1-14(16-9-5-6-10-16)19(23)21-13-18(22)12-17(20(24)25)11-15-7-3-2-4-8-15/h2-4,7-8,14,16-17H,5-6,9-13H2,1H3,(H,21,23)(H,24,25)/t14-,17+/m0/s1. The molecule has 0 spiro atoms. The summed E-state index contributed by atoms with van der Waals surface area (Å²) < 4.78 is 0. The van der Waals surface area contributed by atoms with Crippen LogP contribution in [0.3, 0.4) is 0 Å². The molecule has 0 aliphatic heterocycles. The van der Waals surface area contributed by atoms with Gasteiger partial charge in [-0.15, -0.1) is 0 Å². The van der Waals surface area contributed by atoms with E-state index >= 15 is 0 Å². The van der Waals surface area contributed by atoms with Crippen LogP contribution in [0.25, 0.3) is 0 Å². The fraction of sp³-hybridized carbons (Fsp3) is 0.550. The lowest BCUT2D eigenvalue weighted by atomic mass is 9.91. The normalized spacial score (nSPS) is 17.0. The molecule has 1 aliphatic rings. The molecular weight excluding hydrogens is 318 g/mol. The molecule has 0 saturated heterocycles. The number of ketones is 1. The van der Waals surface area contributed by atoms with Crippen molar-refractivity contribution in [3.8, 4) is 0 Å². The van der Waals surface area contributed by atoms with E-state index in [4.69, 9.17) is 0 Å². The zero-order valence-corrected chi connectivity index (χ0v) is 14.7. The van der Waals surface area contributed by atoms with Crippen molar-refractivity contribution in [3.63, 3.8) is 0 Å². The summed E-state index contributed by atoms with van der Waals surface area (Å²) in [4.78, 5) is 35.7. The molecule has 25 heavy (non-hydrogen) atoms. The van der Waals surface area contributed by atoms with Crippen molar-refractivity contribution in [2.45, 2.75) is 45.4 Å². The third-order valence-electron chi connectivity index (χ3n) is 5.13. The lowest BCUT2D eigenvalue weighted by Gasteiger charge is -2.18. The Kier molecular flexibility index (Phi) is 7.16. The monoisotopic (exact) mass is 345 g/mol. The number of rotatable bonds is 9. The van der Waals surface area contributed by atoms with Gasteiger partial charge < -0.3 is 10.4 Å². The first-order valence-electron chi connectivity index (χ1n) is 9.03. The van der Waals surface area contributed by atoms with Gasteiger partial charge in [-0.2, -0.15) is 0 Å². The molecule has 5 nitrogen and oxygen atoms in total. The van der Waals surface area contributed by atoms with Crippen LogP contribution in [0.5, 0.6) is 0 Å². The third-order valence-corrected chi connectivity index (χ3v) is 5.13. The first-order valence-corrected chi connectivity index (χ1v) is 9.03. The Bertz CT molecular complexity index is 593. The number of hydrogen-bond acceptors (Lipinski definition) is 3. The minimum Gasteiger partial charge on any atom is -0.481 e. The fourth-order valence-electron chi connectivity index (χ4n) is 3.51. The lowest BCUT2D eigenvalue weighted by Crippen LogP contribution is -2.37. The average molecular weight is 345 g/mol. The van der Waals surface area contributed by atoms with Gasteiger partial charge in [-0.1, -0.05) is 50.1 Å². The molecule has 1 aromatic rings. The molecule has 2 rings (SSSR count). The molecule has 5 heteroatoms. The zero-order valence-electron chi connectivity index (χ0n) is 14.7. The molecule has 136 valence electrons. The second-order valence-corrected chi connectivity index (χ2v) is 7.02. The summed E-state index contributed by atoms with van der Waals surface area (Å²) in [6.07, 6.45) is 4.72. The van der Waals surface area contributed by atoms with Crippen molar-refractivity contribution < 1.29 is 19.5 Å². The first kappa shape index (κ1) is 19.2. The zero-order chi connectivity index (χ0) is 18.2. The molecule has 1 aliphatic carbocycles. The second kappa shape index (κ2) is 9.35. The largest absolute Gasteiger partial charge is 0.481 e. The van der Waals surface area contributed by atoms with E-state index in [1.807, 2.05) is 37.3 Å². The van der Waals surface area contributed by atoms with E-state index in [9.17, 15) is 19.5 Å². The Morgan fingerprint density at radius 1 is 1.16 bits per heavy atom. The smallest absolute Gasteiger partial charge is 0.307 e. The molecule has 0 heterocycles. The molecule has 0 radical (unpaired) electrons. The molecule has 0 bridgehead atoms. The predicted octanol–water partition coefficient (Wildman–Crippen LogP) is 2.83. The van der Waals surface area contributed by atoms with Crippen LogP contribution in [0.15, 0.2) is 30.3 Å². The molecule has 2 N–H and O–H groups in total. The summed E-state index contributed by atoms with van der Waals surface area (Å²) in [5, 5.41) is 12.0. The van der Waals surface area contributed by atoms with Crippen molar-refractivity contribution in [1.29, 1.82) is 0 Å². The Hall–Kier alpha value is -2.17. The summed E-state index contributed by atoms with van der Waals surface area (Å²) in [6.45, 7) is 1.82. The van der Waals surface area contributed by atoms with Crippen LogP contribution < -0.4 is 5.32 Å². The number of Topliss-reactive ketones (excluding diaryl/α,β-unsaturated/α-hetero) is 1. The van der Waals surface area contributed by atoms with Gasteiger partial charge in [0.2, 0.25) is 5.91 Å². The number of aliphatic carboxylic acids is 1. The fourth-order valence-corrected chi connectivity index (χ4v) is 3.51. The summed E-state index contributed by atoms with van der Waals surface area (Å²) in [7, 11) is 0. The van der Waals surface area contributed by atoms with Gasteiger partial charge in [0, 0.05) is 12.3 Å². The van der Waals surface area contributed by atoms with Gasteiger partial charge in [-0.3, -0.25) is 14.4 Å². The van der Waals surface area contributed by atoms with Gasteiger partial charge in [0.15, 0.2) is 5.78 Å². The molecule has 1 aromatic carbocycles.